The molecule has 1 N–H and O–H groups in total. The summed E-state index contributed by atoms with van der Waals surface area (Å²) in [6, 6.07) is 8.43. The summed E-state index contributed by atoms with van der Waals surface area (Å²) >= 11 is 5.96. The van der Waals surface area contributed by atoms with Crippen LogP contribution in [0.3, 0.4) is 0 Å². The van der Waals surface area contributed by atoms with E-state index in [-0.39, 0.29) is 0 Å². The minimum absolute atomic E-state index is 0.649. The molecule has 0 bridgehead atoms. The maximum atomic E-state index is 5.96. The highest BCUT2D eigenvalue weighted by Crippen LogP contribution is 2.28. The van der Waals surface area contributed by atoms with Gasteiger partial charge in [-0.2, -0.15) is 0 Å². The van der Waals surface area contributed by atoms with Crippen LogP contribution in [0.1, 0.15) is 29.5 Å². The number of aromatic nitrogens is 1. The van der Waals surface area contributed by atoms with Gasteiger partial charge in [0, 0.05) is 29.4 Å². The van der Waals surface area contributed by atoms with Crippen LogP contribution in [0.25, 0.3) is 0 Å². The van der Waals surface area contributed by atoms with Crippen LogP contribution in [0, 0.1) is 13.8 Å². The molecule has 4 heteroatoms. The summed E-state index contributed by atoms with van der Waals surface area (Å²) in [5.74, 6) is 1.44. The molecule has 0 atom stereocenters. The number of rotatable bonds is 5. The van der Waals surface area contributed by atoms with Crippen molar-refractivity contribution in [2.24, 2.45) is 0 Å². The molecule has 21 heavy (non-hydrogen) atoms. The van der Waals surface area contributed by atoms with E-state index in [1.807, 2.05) is 38.2 Å². The average molecular weight is 303 g/mol. The molecule has 0 unspecified atom stereocenters. The van der Waals surface area contributed by atoms with Crippen molar-refractivity contribution in [3.63, 3.8) is 0 Å². The third-order valence-electron chi connectivity index (χ3n) is 3.60. The number of nitrogens with zero attached hydrogens (tertiary/aromatic N) is 1. The highest BCUT2D eigenvalue weighted by atomic mass is 35.5. The van der Waals surface area contributed by atoms with Crippen molar-refractivity contribution in [1.29, 1.82) is 0 Å². The molecule has 1 aromatic heterocycles. The molecule has 0 spiro atoms. The lowest BCUT2D eigenvalue weighted by atomic mass is 10.2. The number of ether oxygens (including phenoxy) is 1. The van der Waals surface area contributed by atoms with E-state index in [4.69, 9.17) is 16.3 Å². The number of hydrogen-bond donors (Lipinski definition) is 1. The van der Waals surface area contributed by atoms with Gasteiger partial charge in [-0.3, -0.25) is 0 Å². The van der Waals surface area contributed by atoms with Gasteiger partial charge in [-0.05, 0) is 62.1 Å². The number of nitrogens with one attached hydrogen (secondary N) is 1. The molecule has 1 saturated carbocycles. The van der Waals surface area contributed by atoms with Gasteiger partial charge < -0.3 is 10.1 Å². The highest BCUT2D eigenvalue weighted by Gasteiger charge is 2.20. The Morgan fingerprint density at radius 1 is 1.24 bits per heavy atom. The first kappa shape index (κ1) is 14.4. The smallest absolute Gasteiger partial charge is 0.222 e. The van der Waals surface area contributed by atoms with Gasteiger partial charge in [0.1, 0.15) is 5.75 Å². The summed E-state index contributed by atoms with van der Waals surface area (Å²) in [5, 5.41) is 4.20. The molecule has 1 aliphatic carbocycles. The zero-order valence-corrected chi connectivity index (χ0v) is 13.1. The first-order chi connectivity index (χ1) is 10.1. The maximum Gasteiger partial charge on any atom is 0.222 e. The largest absolute Gasteiger partial charge is 0.438 e. The fourth-order valence-electron chi connectivity index (χ4n) is 2.21. The van der Waals surface area contributed by atoms with Crippen LogP contribution in [0.2, 0.25) is 5.02 Å². The molecule has 1 aliphatic rings. The zero-order chi connectivity index (χ0) is 14.8. The van der Waals surface area contributed by atoms with Crippen LogP contribution in [0.15, 0.2) is 30.5 Å². The van der Waals surface area contributed by atoms with Crippen LogP contribution in [0.5, 0.6) is 11.6 Å². The Balaban J connectivity index is 1.72. The predicted molar refractivity (Wildman–Crippen MR) is 85.1 cm³/mol. The fourth-order valence-corrected chi connectivity index (χ4v) is 2.43. The van der Waals surface area contributed by atoms with Crippen LogP contribution in [-0.4, -0.2) is 11.0 Å². The lowest BCUT2D eigenvalue weighted by Crippen LogP contribution is -2.15. The normalized spacial score (nSPS) is 14.2. The molecule has 1 aromatic carbocycles. The first-order valence-corrected chi connectivity index (χ1v) is 7.62. The van der Waals surface area contributed by atoms with Crippen molar-refractivity contribution in [3.05, 3.63) is 52.2 Å². The first-order valence-electron chi connectivity index (χ1n) is 7.25. The summed E-state index contributed by atoms with van der Waals surface area (Å²) in [4.78, 5) is 4.44. The van der Waals surface area contributed by atoms with Crippen molar-refractivity contribution < 1.29 is 4.74 Å². The Kier molecular flexibility index (Phi) is 4.13. The van der Waals surface area contributed by atoms with E-state index in [1.54, 1.807) is 0 Å². The van der Waals surface area contributed by atoms with Crippen LogP contribution >= 0.6 is 11.6 Å². The van der Waals surface area contributed by atoms with Crippen molar-refractivity contribution >= 4 is 11.6 Å². The second kappa shape index (κ2) is 6.04. The number of halogens is 1. The van der Waals surface area contributed by atoms with Crippen LogP contribution < -0.4 is 10.1 Å². The Hall–Kier alpha value is -1.58. The van der Waals surface area contributed by atoms with Crippen molar-refractivity contribution in [2.45, 2.75) is 39.3 Å². The van der Waals surface area contributed by atoms with Gasteiger partial charge in [0.05, 0.1) is 0 Å². The quantitative estimate of drug-likeness (QED) is 0.889. The van der Waals surface area contributed by atoms with Gasteiger partial charge in [-0.25, -0.2) is 4.98 Å². The zero-order valence-electron chi connectivity index (χ0n) is 12.3. The van der Waals surface area contributed by atoms with Crippen LogP contribution in [-0.2, 0) is 6.54 Å². The summed E-state index contributed by atoms with van der Waals surface area (Å²) in [6.45, 7) is 4.87. The standard InChI is InChI=1S/C17H19ClN2O/c1-11-8-14(18)3-6-16(11)21-17-12(2)7-13(10-20-17)9-19-15-4-5-15/h3,6-8,10,15,19H,4-5,9H2,1-2H3. The molecular formula is C17H19ClN2O. The van der Waals surface area contributed by atoms with E-state index in [2.05, 4.69) is 16.4 Å². The lowest BCUT2D eigenvalue weighted by Gasteiger charge is -2.11. The topological polar surface area (TPSA) is 34.1 Å². The monoisotopic (exact) mass is 302 g/mol. The minimum atomic E-state index is 0.649. The second-order valence-electron chi connectivity index (χ2n) is 5.63. The molecule has 2 aromatic rings. The molecule has 0 radical (unpaired) electrons. The second-order valence-corrected chi connectivity index (χ2v) is 6.07. The molecule has 3 rings (SSSR count). The number of pyridine rings is 1. The predicted octanol–water partition coefficient (Wildman–Crippen LogP) is 4.40. The summed E-state index contributed by atoms with van der Waals surface area (Å²) < 4.78 is 5.90. The maximum absolute atomic E-state index is 5.96. The Morgan fingerprint density at radius 3 is 2.71 bits per heavy atom. The molecule has 110 valence electrons. The number of aryl methyl sites for hydroxylation is 2. The Bertz CT molecular complexity index is 653. The van der Waals surface area contributed by atoms with E-state index < -0.39 is 0 Å². The highest BCUT2D eigenvalue weighted by molar-refractivity contribution is 6.30. The van der Waals surface area contributed by atoms with Crippen molar-refractivity contribution in [3.8, 4) is 11.6 Å². The van der Waals surface area contributed by atoms with Crippen LogP contribution in [0.4, 0.5) is 0 Å². The van der Waals surface area contributed by atoms with Gasteiger partial charge in [-0.15, -0.1) is 0 Å². The van der Waals surface area contributed by atoms with Gasteiger partial charge in [0.25, 0.3) is 0 Å². The number of hydrogen-bond acceptors (Lipinski definition) is 3. The van der Waals surface area contributed by atoms with Gasteiger partial charge in [0.2, 0.25) is 5.88 Å². The Labute approximate surface area is 130 Å². The van der Waals surface area contributed by atoms with Gasteiger partial charge >= 0.3 is 0 Å². The van der Waals surface area contributed by atoms with Crippen molar-refractivity contribution in [2.75, 3.05) is 0 Å². The summed E-state index contributed by atoms with van der Waals surface area (Å²) in [7, 11) is 0. The third kappa shape index (κ3) is 3.74. The van der Waals surface area contributed by atoms with E-state index in [0.29, 0.717) is 16.9 Å². The minimum Gasteiger partial charge on any atom is -0.438 e. The summed E-state index contributed by atoms with van der Waals surface area (Å²) in [6.07, 6.45) is 4.47. The fraction of sp³-hybridized carbons (Fsp3) is 0.353. The molecule has 0 amide bonds. The molecule has 1 fully saturated rings. The molecule has 3 nitrogen and oxygen atoms in total. The SMILES string of the molecule is Cc1cc(Cl)ccc1Oc1ncc(CNC2CC2)cc1C. The van der Waals surface area contributed by atoms with Gasteiger partial charge in [-0.1, -0.05) is 11.6 Å². The van der Waals surface area contributed by atoms with Crippen molar-refractivity contribution in [1.82, 2.24) is 10.3 Å². The molecular weight excluding hydrogens is 284 g/mol. The van der Waals surface area contributed by atoms with E-state index in [0.717, 1.165) is 23.4 Å². The summed E-state index contributed by atoms with van der Waals surface area (Å²) in [5.41, 5.74) is 3.24. The molecule has 0 aliphatic heterocycles. The van der Waals surface area contributed by atoms with Gasteiger partial charge in [0.15, 0.2) is 0 Å². The van der Waals surface area contributed by atoms with E-state index in [1.165, 1.54) is 18.4 Å². The number of benzene rings is 1. The van der Waals surface area contributed by atoms with E-state index >= 15 is 0 Å². The average Bonchev–Trinajstić information content (AvgIpc) is 3.26. The molecule has 0 saturated heterocycles. The third-order valence-corrected chi connectivity index (χ3v) is 3.84. The Morgan fingerprint density at radius 2 is 2.05 bits per heavy atom. The lowest BCUT2D eigenvalue weighted by molar-refractivity contribution is 0.455. The molecule has 1 heterocycles. The van der Waals surface area contributed by atoms with E-state index in [9.17, 15) is 0 Å².